The Hall–Kier alpha value is -0.560. The molecule has 0 aromatic heterocycles. The molecule has 0 saturated heterocycles. The fourth-order valence-electron chi connectivity index (χ4n) is 2.74. The molecule has 186 valence electrons. The summed E-state index contributed by atoms with van der Waals surface area (Å²) < 4.78 is 95.3. The molecule has 3 N–H and O–H groups in total. The Morgan fingerprint density at radius 3 is 1.64 bits per heavy atom. The molecule has 36 heavy (non-hydrogen) atoms. The van der Waals surface area contributed by atoms with Gasteiger partial charge in [-0.1, -0.05) is 24.3 Å². The zero-order valence-electron chi connectivity index (χ0n) is 20.1. The zero-order valence-corrected chi connectivity index (χ0v) is 27.4. The number of rotatable bonds is 8. The number of sulfonamides is 1. The van der Waals surface area contributed by atoms with Gasteiger partial charge in [-0.25, -0.2) is 25.3 Å². The summed E-state index contributed by atoms with van der Waals surface area (Å²) in [5, 5.41) is 5.86. The van der Waals surface area contributed by atoms with Gasteiger partial charge in [-0.3, -0.25) is 4.72 Å². The average Bonchev–Trinajstić information content (AvgIpc) is 2.64. The Balaban J connectivity index is 0.00000612. The van der Waals surface area contributed by atoms with Gasteiger partial charge in [0.25, 0.3) is 0 Å². The van der Waals surface area contributed by atoms with Crippen LogP contribution in [0.3, 0.4) is 0 Å². The normalized spacial score (nSPS) is 11.9. The van der Waals surface area contributed by atoms with E-state index in [-0.39, 0.29) is 92.8 Å². The van der Waals surface area contributed by atoms with Crippen LogP contribution in [0.15, 0.2) is 46.2 Å². The molecule has 17 heteroatoms. The van der Waals surface area contributed by atoms with Crippen molar-refractivity contribution in [3.05, 3.63) is 47.5 Å². The van der Waals surface area contributed by atoms with Crippen LogP contribution in [0, 0.1) is 0 Å². The van der Waals surface area contributed by atoms with Crippen molar-refractivity contribution in [1.82, 2.24) is 5.32 Å². The summed E-state index contributed by atoms with van der Waals surface area (Å²) >= 11 is 5.10. The first-order valence-corrected chi connectivity index (χ1v) is 14.5. The molecule has 2 aromatic rings. The van der Waals surface area contributed by atoms with Crippen LogP contribution in [0.5, 0.6) is 0 Å². The van der Waals surface area contributed by atoms with E-state index in [1.165, 1.54) is 18.2 Å². The first kappa shape index (κ1) is 35.4. The van der Waals surface area contributed by atoms with E-state index in [0.29, 0.717) is 0 Å². The van der Waals surface area contributed by atoms with Crippen LogP contribution in [0.4, 0.5) is 11.4 Å². The van der Waals surface area contributed by atoms with Gasteiger partial charge < -0.3 is 19.7 Å². The van der Waals surface area contributed by atoms with E-state index in [0.717, 1.165) is 36.6 Å². The van der Waals surface area contributed by atoms with Crippen LogP contribution in [0.25, 0.3) is 12.2 Å². The predicted molar refractivity (Wildman–Crippen MR) is 131 cm³/mol. The Kier molecular flexibility index (Phi) is 13.8. The fourth-order valence-corrected chi connectivity index (χ4v) is 5.04. The minimum Gasteiger partial charge on any atom is -0.744 e. The predicted octanol–water partition coefficient (Wildman–Crippen LogP) is -4.26. The van der Waals surface area contributed by atoms with Gasteiger partial charge in [0, 0.05) is 17.4 Å². The molecule has 0 unspecified atom stereocenters. The summed E-state index contributed by atoms with van der Waals surface area (Å²) in [6.45, 7) is 3.69. The molecule has 0 aliphatic rings. The molecule has 0 saturated carbocycles. The third-order valence-electron chi connectivity index (χ3n) is 3.99. The van der Waals surface area contributed by atoms with E-state index in [1.54, 1.807) is 0 Å². The van der Waals surface area contributed by atoms with E-state index in [9.17, 15) is 34.4 Å². The second-order valence-electron chi connectivity index (χ2n) is 7.37. The van der Waals surface area contributed by atoms with Crippen molar-refractivity contribution in [1.29, 1.82) is 0 Å². The summed E-state index contributed by atoms with van der Waals surface area (Å²) in [4.78, 5) is -1.35. The van der Waals surface area contributed by atoms with Crippen LogP contribution >= 0.6 is 12.2 Å². The average molecular weight is 594 g/mol. The molecule has 2 rings (SSSR count). The zero-order chi connectivity index (χ0) is 25.9. The van der Waals surface area contributed by atoms with Gasteiger partial charge in [0.05, 0.1) is 16.0 Å². The standard InChI is InChI=1S/C19H23N3O8S4.2Na/c1-12(2)20-19(31)21-15-8-6-13(17(10-15)33(25,26)27)4-5-14-7-9-16(22-32(3,23)24)11-18(14)34(28,29)30;;/h4-12,22H,1-3H3,(H2,20,21,31)(H,25,26,27)(H,28,29,30);;/q;2*+1/p-2/b5-4+;;. The molecule has 0 amide bonds. The van der Waals surface area contributed by atoms with Crippen molar-refractivity contribution < 1.29 is 93.5 Å². The van der Waals surface area contributed by atoms with E-state index >= 15 is 0 Å². The summed E-state index contributed by atoms with van der Waals surface area (Å²) in [6.07, 6.45) is 3.12. The Morgan fingerprint density at radius 2 is 1.25 bits per heavy atom. The largest absolute Gasteiger partial charge is 1.00 e. The maximum Gasteiger partial charge on any atom is 1.00 e. The Morgan fingerprint density at radius 1 is 0.833 bits per heavy atom. The molecule has 0 radical (unpaired) electrons. The monoisotopic (exact) mass is 593 g/mol. The number of nitrogens with one attached hydrogen (secondary N) is 3. The number of hydrogen-bond donors (Lipinski definition) is 3. The van der Waals surface area contributed by atoms with Gasteiger partial charge in [-0.15, -0.1) is 0 Å². The van der Waals surface area contributed by atoms with Crippen LogP contribution < -0.4 is 74.5 Å². The molecule has 0 fully saturated rings. The summed E-state index contributed by atoms with van der Waals surface area (Å²) in [7, 11) is -13.7. The number of thiocarbonyl (C=S) groups is 1. The van der Waals surface area contributed by atoms with Crippen LogP contribution in [0.2, 0.25) is 0 Å². The molecule has 0 spiro atoms. The fraction of sp³-hybridized carbons (Fsp3) is 0.211. The van der Waals surface area contributed by atoms with Crippen molar-refractivity contribution in [3.63, 3.8) is 0 Å². The maximum absolute atomic E-state index is 11.8. The third-order valence-corrected chi connectivity index (χ3v) is 6.60. The molecule has 2 aromatic carbocycles. The molecule has 11 nitrogen and oxygen atoms in total. The van der Waals surface area contributed by atoms with E-state index < -0.39 is 40.1 Å². The molecule has 0 atom stereocenters. The summed E-state index contributed by atoms with van der Waals surface area (Å²) in [5.74, 6) is 0. The number of hydrogen-bond acceptors (Lipinski definition) is 9. The van der Waals surface area contributed by atoms with Crippen molar-refractivity contribution in [2.45, 2.75) is 29.7 Å². The van der Waals surface area contributed by atoms with Crippen molar-refractivity contribution >= 4 is 71.1 Å². The van der Waals surface area contributed by atoms with Gasteiger partial charge in [0.2, 0.25) is 10.0 Å². The van der Waals surface area contributed by atoms with Crippen molar-refractivity contribution in [2.24, 2.45) is 0 Å². The van der Waals surface area contributed by atoms with Gasteiger partial charge >= 0.3 is 59.1 Å². The third kappa shape index (κ3) is 11.4. The summed E-state index contributed by atoms with van der Waals surface area (Å²) in [5.41, 5.74) is -0.147. The first-order valence-electron chi connectivity index (χ1n) is 9.39. The quantitative estimate of drug-likeness (QED) is 0.117. The molecule has 0 aliphatic carbocycles. The van der Waals surface area contributed by atoms with Gasteiger partial charge in [-0.05, 0) is 61.5 Å². The summed E-state index contributed by atoms with van der Waals surface area (Å²) in [6, 6.07) is 7.04. The number of anilines is 2. The molecular formula is C19H21N3Na2O8S4. The minimum atomic E-state index is -5.03. The first-order chi connectivity index (χ1) is 15.5. The SMILES string of the molecule is CC(C)NC(=S)Nc1ccc(/C=C/c2ccc(NS(C)(=O)=O)cc2S(=O)(=O)[O-])c(S(=O)(=O)[O-])c1.[Na+].[Na+]. The molecule has 0 bridgehead atoms. The smallest absolute Gasteiger partial charge is 0.744 e. The van der Waals surface area contributed by atoms with E-state index in [4.69, 9.17) is 12.2 Å². The van der Waals surface area contributed by atoms with Gasteiger partial charge in [-0.2, -0.15) is 0 Å². The Labute approximate surface area is 260 Å². The molecule has 0 aliphatic heterocycles. The second kappa shape index (κ2) is 14.0. The van der Waals surface area contributed by atoms with Crippen LogP contribution in [0.1, 0.15) is 25.0 Å². The topological polar surface area (TPSA) is 185 Å². The van der Waals surface area contributed by atoms with E-state index in [1.807, 2.05) is 13.8 Å². The van der Waals surface area contributed by atoms with Crippen LogP contribution in [-0.2, 0) is 30.3 Å². The number of benzene rings is 2. The maximum atomic E-state index is 11.8. The minimum absolute atomic E-state index is 0. The van der Waals surface area contributed by atoms with Crippen molar-refractivity contribution in [3.8, 4) is 0 Å². The van der Waals surface area contributed by atoms with Crippen molar-refractivity contribution in [2.75, 3.05) is 16.3 Å². The molecular weight excluding hydrogens is 572 g/mol. The second-order valence-corrected chi connectivity index (χ2v) is 12.2. The molecule has 0 heterocycles. The van der Waals surface area contributed by atoms with Crippen LogP contribution in [-0.4, -0.2) is 51.8 Å². The Bertz CT molecular complexity index is 1460. The van der Waals surface area contributed by atoms with Gasteiger partial charge in [0.1, 0.15) is 20.2 Å². The van der Waals surface area contributed by atoms with Gasteiger partial charge in [0.15, 0.2) is 5.11 Å². The van der Waals surface area contributed by atoms with E-state index in [2.05, 4.69) is 15.4 Å².